The van der Waals surface area contributed by atoms with Gasteiger partial charge in [-0.3, -0.25) is 0 Å². The summed E-state index contributed by atoms with van der Waals surface area (Å²) in [6, 6.07) is 1.87. The number of alkyl halides is 2. The van der Waals surface area contributed by atoms with Crippen LogP contribution in [0.25, 0.3) is 10.9 Å². The van der Waals surface area contributed by atoms with Gasteiger partial charge in [0.2, 0.25) is 0 Å². The lowest BCUT2D eigenvalue weighted by Gasteiger charge is -2.23. The largest absolute Gasteiger partial charge is 0.356 e. The van der Waals surface area contributed by atoms with Crippen molar-refractivity contribution in [3.8, 4) is 0 Å². The molecule has 1 aromatic carbocycles. The fraction of sp³-hybridized carbons (Fsp3) is 0.562. The molecule has 1 aromatic heterocycles. The summed E-state index contributed by atoms with van der Waals surface area (Å²) in [6.45, 7) is 2.32. The van der Waals surface area contributed by atoms with Gasteiger partial charge in [-0.1, -0.05) is 6.92 Å². The third-order valence-corrected chi connectivity index (χ3v) is 5.74. The molecular formula is C16H17BrF2N2O. The van der Waals surface area contributed by atoms with Crippen molar-refractivity contribution in [1.82, 2.24) is 9.78 Å². The van der Waals surface area contributed by atoms with Crippen LogP contribution < -0.4 is 0 Å². The number of hydrogen-bond acceptors (Lipinski definition) is 2. The first-order chi connectivity index (χ1) is 10.5. The minimum absolute atomic E-state index is 0.0875. The van der Waals surface area contributed by atoms with Gasteiger partial charge in [-0.05, 0) is 52.4 Å². The van der Waals surface area contributed by atoms with E-state index in [0.717, 1.165) is 52.4 Å². The van der Waals surface area contributed by atoms with Crippen LogP contribution in [0.3, 0.4) is 0 Å². The highest BCUT2D eigenvalue weighted by atomic mass is 79.9. The minimum Gasteiger partial charge on any atom is -0.356 e. The van der Waals surface area contributed by atoms with E-state index >= 15 is 0 Å². The molecule has 0 amide bonds. The zero-order valence-electron chi connectivity index (χ0n) is 12.3. The maximum Gasteiger partial charge on any atom is 0.258 e. The number of ether oxygens (including phenoxy) is 1. The molecule has 0 spiro atoms. The summed E-state index contributed by atoms with van der Waals surface area (Å²) in [5.41, 5.74) is 2.32. The molecule has 0 radical (unpaired) electrons. The van der Waals surface area contributed by atoms with E-state index in [1.165, 1.54) is 0 Å². The number of aromatic nitrogens is 2. The maximum atomic E-state index is 14.1. The Bertz CT molecular complexity index is 737. The Labute approximate surface area is 135 Å². The average Bonchev–Trinajstić information content (AvgIpc) is 3.00. The average molecular weight is 371 g/mol. The molecule has 1 aliphatic heterocycles. The van der Waals surface area contributed by atoms with Crippen LogP contribution in [-0.4, -0.2) is 22.3 Å². The highest BCUT2D eigenvalue weighted by Gasteiger charge is 2.46. The zero-order valence-corrected chi connectivity index (χ0v) is 13.9. The van der Waals surface area contributed by atoms with Crippen molar-refractivity contribution >= 4 is 26.8 Å². The lowest BCUT2D eigenvalue weighted by Crippen LogP contribution is -2.19. The monoisotopic (exact) mass is 370 g/mol. The Morgan fingerprint density at radius 3 is 2.95 bits per heavy atom. The lowest BCUT2D eigenvalue weighted by atomic mass is 10.0. The topological polar surface area (TPSA) is 27.1 Å². The van der Waals surface area contributed by atoms with E-state index in [9.17, 15) is 8.78 Å². The minimum atomic E-state index is -2.68. The quantitative estimate of drug-likeness (QED) is 0.721. The normalized spacial score (nSPS) is 27.3. The molecule has 0 saturated carbocycles. The van der Waals surface area contributed by atoms with Crippen LogP contribution in [0.2, 0.25) is 0 Å². The SMILES string of the molecule is CC1c2c(cc3c(cnn3C3CCCCO3)c2Br)CC1(F)F. The van der Waals surface area contributed by atoms with Gasteiger partial charge < -0.3 is 4.74 Å². The van der Waals surface area contributed by atoms with E-state index < -0.39 is 11.8 Å². The van der Waals surface area contributed by atoms with Gasteiger partial charge in [-0.25, -0.2) is 13.5 Å². The predicted molar refractivity (Wildman–Crippen MR) is 83.3 cm³/mol. The first-order valence-electron chi connectivity index (χ1n) is 7.67. The molecule has 6 heteroatoms. The van der Waals surface area contributed by atoms with Gasteiger partial charge in [0.25, 0.3) is 5.92 Å². The molecule has 1 fully saturated rings. The Kier molecular flexibility index (Phi) is 3.31. The molecular weight excluding hydrogens is 354 g/mol. The summed E-state index contributed by atoms with van der Waals surface area (Å²) in [5.74, 6) is -3.45. The van der Waals surface area contributed by atoms with Crippen LogP contribution in [0.1, 0.15) is 49.5 Å². The van der Waals surface area contributed by atoms with Gasteiger partial charge in [-0.15, -0.1) is 0 Å². The third-order valence-electron chi connectivity index (χ3n) is 4.88. The van der Waals surface area contributed by atoms with Crippen molar-refractivity contribution in [2.24, 2.45) is 0 Å². The first-order valence-corrected chi connectivity index (χ1v) is 8.46. The Balaban J connectivity index is 1.86. The molecule has 2 aromatic rings. The van der Waals surface area contributed by atoms with Crippen LogP contribution in [-0.2, 0) is 11.2 Å². The summed E-state index contributed by atoms with van der Waals surface area (Å²) >= 11 is 3.53. The van der Waals surface area contributed by atoms with Gasteiger partial charge in [0.15, 0.2) is 6.23 Å². The molecule has 2 unspecified atom stereocenters. The summed E-state index contributed by atoms with van der Waals surface area (Å²) < 4.78 is 36.5. The first kappa shape index (κ1) is 14.6. The van der Waals surface area contributed by atoms with Crippen LogP contribution in [0.4, 0.5) is 8.78 Å². The van der Waals surface area contributed by atoms with Crippen molar-refractivity contribution in [2.75, 3.05) is 6.61 Å². The van der Waals surface area contributed by atoms with Crippen LogP contribution in [0.15, 0.2) is 16.7 Å². The van der Waals surface area contributed by atoms with E-state index in [1.807, 2.05) is 10.7 Å². The number of benzene rings is 1. The van der Waals surface area contributed by atoms with Crippen LogP contribution in [0.5, 0.6) is 0 Å². The predicted octanol–water partition coefficient (Wildman–Crippen LogP) is 4.79. The molecule has 0 N–H and O–H groups in total. The molecule has 2 atom stereocenters. The van der Waals surface area contributed by atoms with Crippen molar-refractivity contribution < 1.29 is 13.5 Å². The van der Waals surface area contributed by atoms with Gasteiger partial charge in [0.05, 0.1) is 11.7 Å². The number of nitrogens with zero attached hydrogens (tertiary/aromatic N) is 2. The molecule has 0 bridgehead atoms. The van der Waals surface area contributed by atoms with Crippen LogP contribution in [0, 0.1) is 0 Å². The Morgan fingerprint density at radius 1 is 1.41 bits per heavy atom. The molecule has 2 heterocycles. The fourth-order valence-electron chi connectivity index (χ4n) is 3.59. The van der Waals surface area contributed by atoms with Gasteiger partial charge in [0.1, 0.15) is 0 Å². The van der Waals surface area contributed by atoms with E-state index in [-0.39, 0.29) is 12.6 Å². The molecule has 1 saturated heterocycles. The van der Waals surface area contributed by atoms with Crippen molar-refractivity contribution in [3.63, 3.8) is 0 Å². The smallest absolute Gasteiger partial charge is 0.258 e. The Morgan fingerprint density at radius 2 is 2.23 bits per heavy atom. The molecule has 3 nitrogen and oxygen atoms in total. The molecule has 22 heavy (non-hydrogen) atoms. The number of rotatable bonds is 1. The summed E-state index contributed by atoms with van der Waals surface area (Å²) in [7, 11) is 0. The number of halogens is 3. The molecule has 4 rings (SSSR count). The number of hydrogen-bond donors (Lipinski definition) is 0. The second-order valence-electron chi connectivity index (χ2n) is 6.27. The standard InChI is InChI=1S/C16H17BrF2N2O/c1-9-14-10(7-16(9,18)19)6-12-11(15(14)17)8-20-21(12)13-4-2-3-5-22-13/h6,8-9,13H,2-5,7H2,1H3. The second-order valence-corrected chi connectivity index (χ2v) is 7.06. The molecule has 2 aliphatic rings. The van der Waals surface area contributed by atoms with Crippen molar-refractivity contribution in [1.29, 1.82) is 0 Å². The number of fused-ring (bicyclic) bond motifs is 2. The van der Waals surface area contributed by atoms with Crippen LogP contribution >= 0.6 is 15.9 Å². The van der Waals surface area contributed by atoms with E-state index in [4.69, 9.17) is 4.74 Å². The second kappa shape index (κ2) is 4.99. The summed E-state index contributed by atoms with van der Waals surface area (Å²) in [5, 5.41) is 5.34. The van der Waals surface area contributed by atoms with E-state index in [2.05, 4.69) is 21.0 Å². The maximum absolute atomic E-state index is 14.1. The van der Waals surface area contributed by atoms with E-state index in [1.54, 1.807) is 13.1 Å². The van der Waals surface area contributed by atoms with Gasteiger partial charge in [-0.2, -0.15) is 5.10 Å². The molecule has 1 aliphatic carbocycles. The van der Waals surface area contributed by atoms with Crippen molar-refractivity contribution in [2.45, 2.75) is 50.7 Å². The zero-order chi connectivity index (χ0) is 15.5. The van der Waals surface area contributed by atoms with Gasteiger partial charge in [0, 0.05) is 28.8 Å². The summed E-state index contributed by atoms with van der Waals surface area (Å²) in [4.78, 5) is 0. The van der Waals surface area contributed by atoms with E-state index in [0.29, 0.717) is 0 Å². The summed E-state index contributed by atoms with van der Waals surface area (Å²) in [6.07, 6.45) is 4.55. The fourth-order valence-corrected chi connectivity index (χ4v) is 4.50. The third kappa shape index (κ3) is 2.03. The highest BCUT2D eigenvalue weighted by molar-refractivity contribution is 9.10. The molecule has 118 valence electrons. The Hall–Kier alpha value is -1.01. The van der Waals surface area contributed by atoms with Gasteiger partial charge >= 0.3 is 0 Å². The lowest BCUT2D eigenvalue weighted by molar-refractivity contribution is -0.0366. The highest BCUT2D eigenvalue weighted by Crippen LogP contribution is 2.49. The van der Waals surface area contributed by atoms with Crippen molar-refractivity contribution in [3.05, 3.63) is 27.9 Å².